The van der Waals surface area contributed by atoms with Crippen molar-refractivity contribution in [3.8, 4) is 17.0 Å². The van der Waals surface area contributed by atoms with Gasteiger partial charge in [-0.3, -0.25) is 4.79 Å². The summed E-state index contributed by atoms with van der Waals surface area (Å²) < 4.78 is 0. The van der Waals surface area contributed by atoms with Gasteiger partial charge in [0.05, 0.1) is 5.69 Å². The third-order valence-corrected chi connectivity index (χ3v) is 6.18. The fourth-order valence-corrected chi connectivity index (χ4v) is 4.50. The highest BCUT2D eigenvalue weighted by Crippen LogP contribution is 2.38. The van der Waals surface area contributed by atoms with Gasteiger partial charge in [-0.15, -0.1) is 10.2 Å². The number of benzene rings is 1. The summed E-state index contributed by atoms with van der Waals surface area (Å²) in [6, 6.07) is 9.71. The zero-order valence-electron chi connectivity index (χ0n) is 17.5. The predicted octanol–water partition coefficient (Wildman–Crippen LogP) is 4.64. The molecular formula is C24H28N4O2. The van der Waals surface area contributed by atoms with Crippen LogP contribution in [0.25, 0.3) is 22.3 Å². The Morgan fingerprint density at radius 3 is 2.80 bits per heavy atom. The van der Waals surface area contributed by atoms with Crippen molar-refractivity contribution in [2.45, 2.75) is 45.1 Å². The van der Waals surface area contributed by atoms with Crippen LogP contribution in [0.4, 0.5) is 0 Å². The van der Waals surface area contributed by atoms with Crippen LogP contribution < -0.4 is 0 Å². The van der Waals surface area contributed by atoms with Crippen LogP contribution in [0.3, 0.4) is 0 Å². The van der Waals surface area contributed by atoms with E-state index in [2.05, 4.69) is 35.6 Å². The van der Waals surface area contributed by atoms with Crippen molar-refractivity contribution in [1.82, 2.24) is 20.1 Å². The molecule has 2 aliphatic rings. The number of fused-ring (bicyclic) bond motifs is 2. The highest BCUT2D eigenvalue weighted by molar-refractivity contribution is 5.88. The molecule has 6 nitrogen and oxygen atoms in total. The monoisotopic (exact) mass is 404 g/mol. The standard InChI is InChI=1S/C15H15N3O.C9H13NO/c1-9(2)12-8-16-15-11(12)7-13(17-18-15)10-5-3-4-6-14(10)19;1-2-9(11)10-6-7-4-3-5-8(7)10/h3-9,19H,1-2H3,(H,16,18);2,7-8H,1,3-6H2/t;7-,8?/m.0/s1. The molecule has 0 spiro atoms. The first kappa shape index (κ1) is 20.1. The van der Waals surface area contributed by atoms with E-state index < -0.39 is 0 Å². The summed E-state index contributed by atoms with van der Waals surface area (Å²) in [6.07, 6.45) is 7.24. The Hall–Kier alpha value is -3.15. The lowest BCUT2D eigenvalue weighted by Gasteiger charge is -2.44. The molecule has 1 aliphatic heterocycles. The molecule has 0 radical (unpaired) electrons. The number of nitrogens with zero attached hydrogens (tertiary/aromatic N) is 3. The molecule has 1 amide bonds. The molecule has 3 aromatic rings. The van der Waals surface area contributed by atoms with Crippen LogP contribution in [-0.2, 0) is 4.79 Å². The van der Waals surface area contributed by atoms with Crippen LogP contribution in [0.1, 0.15) is 44.6 Å². The number of aromatic amines is 1. The number of carbonyl (C=O) groups excluding carboxylic acids is 1. The first-order valence-electron chi connectivity index (χ1n) is 10.6. The second-order valence-corrected chi connectivity index (χ2v) is 8.36. The normalized spacial score (nSPS) is 19.8. The number of phenols is 1. The smallest absolute Gasteiger partial charge is 0.246 e. The van der Waals surface area contributed by atoms with Gasteiger partial charge in [-0.2, -0.15) is 0 Å². The molecule has 2 atom stereocenters. The van der Waals surface area contributed by atoms with Gasteiger partial charge in [-0.25, -0.2) is 0 Å². The Balaban J connectivity index is 0.000000168. The lowest BCUT2D eigenvalue weighted by molar-refractivity contribution is -0.136. The first-order chi connectivity index (χ1) is 14.5. The van der Waals surface area contributed by atoms with E-state index in [9.17, 15) is 9.90 Å². The molecule has 1 unspecified atom stereocenters. The van der Waals surface area contributed by atoms with Gasteiger partial charge in [-0.05, 0) is 54.5 Å². The summed E-state index contributed by atoms with van der Waals surface area (Å²) in [5.41, 5.74) is 3.38. The number of hydrogen-bond acceptors (Lipinski definition) is 4. The minimum atomic E-state index is 0.119. The third kappa shape index (κ3) is 3.70. The SMILES string of the molecule is C=CC(=O)N1C[C@@H]2CCCC21.CC(C)c1c[nH]c2nnc(-c3ccccc3O)cc12. The van der Waals surface area contributed by atoms with E-state index in [0.717, 1.165) is 23.5 Å². The number of rotatable bonds is 3. The summed E-state index contributed by atoms with van der Waals surface area (Å²) in [6.45, 7) is 8.75. The van der Waals surface area contributed by atoms with Crippen LogP contribution >= 0.6 is 0 Å². The number of hydrogen-bond donors (Lipinski definition) is 2. The number of carbonyl (C=O) groups is 1. The van der Waals surface area contributed by atoms with E-state index in [-0.39, 0.29) is 11.7 Å². The molecule has 6 heteroatoms. The number of likely N-dealkylation sites (tertiary alicyclic amines) is 1. The summed E-state index contributed by atoms with van der Waals surface area (Å²) in [5, 5.41) is 19.3. The lowest BCUT2D eigenvalue weighted by atomic mass is 9.92. The molecule has 0 bridgehead atoms. The number of aromatic nitrogens is 3. The molecule has 1 aromatic carbocycles. The van der Waals surface area contributed by atoms with Gasteiger partial charge >= 0.3 is 0 Å². The summed E-state index contributed by atoms with van der Waals surface area (Å²) in [5.74, 6) is 1.57. The van der Waals surface area contributed by atoms with Crippen molar-refractivity contribution in [2.24, 2.45) is 5.92 Å². The lowest BCUT2D eigenvalue weighted by Crippen LogP contribution is -2.55. The molecule has 3 heterocycles. The minimum Gasteiger partial charge on any atom is -0.507 e. The van der Waals surface area contributed by atoms with Gasteiger partial charge in [0.2, 0.25) is 5.91 Å². The average Bonchev–Trinajstić information content (AvgIpc) is 3.32. The third-order valence-electron chi connectivity index (χ3n) is 6.18. The predicted molar refractivity (Wildman–Crippen MR) is 118 cm³/mol. The van der Waals surface area contributed by atoms with Crippen molar-refractivity contribution in [3.63, 3.8) is 0 Å². The molecular weight excluding hydrogens is 376 g/mol. The summed E-state index contributed by atoms with van der Waals surface area (Å²) >= 11 is 0. The van der Waals surface area contributed by atoms with Crippen molar-refractivity contribution >= 4 is 16.9 Å². The van der Waals surface area contributed by atoms with Gasteiger partial charge in [-0.1, -0.05) is 39.0 Å². The number of amides is 1. The highest BCUT2D eigenvalue weighted by Gasteiger charge is 2.43. The second-order valence-electron chi connectivity index (χ2n) is 8.36. The Bertz CT molecular complexity index is 1070. The Morgan fingerprint density at radius 2 is 2.10 bits per heavy atom. The maximum Gasteiger partial charge on any atom is 0.246 e. The number of para-hydroxylation sites is 1. The Morgan fingerprint density at radius 1 is 1.30 bits per heavy atom. The van der Waals surface area contributed by atoms with Crippen LogP contribution in [0.2, 0.25) is 0 Å². The van der Waals surface area contributed by atoms with E-state index in [1.54, 1.807) is 12.1 Å². The van der Waals surface area contributed by atoms with Crippen molar-refractivity contribution in [3.05, 3.63) is 54.7 Å². The molecule has 2 N–H and O–H groups in total. The zero-order valence-corrected chi connectivity index (χ0v) is 17.5. The van der Waals surface area contributed by atoms with Gasteiger partial charge in [0, 0.05) is 29.7 Å². The van der Waals surface area contributed by atoms with Crippen LogP contribution in [0.5, 0.6) is 5.75 Å². The van der Waals surface area contributed by atoms with E-state index in [1.807, 2.05) is 29.3 Å². The Kier molecular flexibility index (Phi) is 5.57. The number of phenolic OH excluding ortho intramolecular Hbond substituents is 1. The molecule has 1 aliphatic carbocycles. The fourth-order valence-electron chi connectivity index (χ4n) is 4.50. The summed E-state index contributed by atoms with van der Waals surface area (Å²) in [4.78, 5) is 16.2. The van der Waals surface area contributed by atoms with Crippen molar-refractivity contribution in [1.29, 1.82) is 0 Å². The fraction of sp³-hybridized carbons (Fsp3) is 0.375. The number of aromatic hydroxyl groups is 1. The largest absolute Gasteiger partial charge is 0.507 e. The molecule has 1 saturated heterocycles. The van der Waals surface area contributed by atoms with Crippen molar-refractivity contribution in [2.75, 3.05) is 6.54 Å². The maximum absolute atomic E-state index is 11.1. The minimum absolute atomic E-state index is 0.119. The molecule has 2 fully saturated rings. The van der Waals surface area contributed by atoms with Gasteiger partial charge < -0.3 is 15.0 Å². The van der Waals surface area contributed by atoms with Crippen LogP contribution in [0, 0.1) is 5.92 Å². The topological polar surface area (TPSA) is 82.1 Å². The zero-order chi connectivity index (χ0) is 21.3. The average molecular weight is 405 g/mol. The molecule has 156 valence electrons. The van der Waals surface area contributed by atoms with Gasteiger partial charge in [0.25, 0.3) is 0 Å². The van der Waals surface area contributed by atoms with Gasteiger partial charge in [0.15, 0.2) is 5.65 Å². The first-order valence-corrected chi connectivity index (χ1v) is 10.6. The quantitative estimate of drug-likeness (QED) is 0.623. The van der Waals surface area contributed by atoms with E-state index in [1.165, 1.54) is 30.9 Å². The van der Waals surface area contributed by atoms with Crippen LogP contribution in [0.15, 0.2) is 49.2 Å². The maximum atomic E-state index is 11.1. The highest BCUT2D eigenvalue weighted by atomic mass is 16.3. The number of nitrogens with one attached hydrogen (secondary N) is 1. The molecule has 1 saturated carbocycles. The number of H-pyrrole nitrogens is 1. The summed E-state index contributed by atoms with van der Waals surface area (Å²) in [7, 11) is 0. The Labute approximate surface area is 176 Å². The second kappa shape index (κ2) is 8.30. The van der Waals surface area contributed by atoms with E-state index in [0.29, 0.717) is 23.2 Å². The van der Waals surface area contributed by atoms with Crippen molar-refractivity contribution < 1.29 is 9.90 Å². The van der Waals surface area contributed by atoms with Gasteiger partial charge in [0.1, 0.15) is 5.75 Å². The molecule has 2 aromatic heterocycles. The van der Waals surface area contributed by atoms with E-state index in [4.69, 9.17) is 0 Å². The molecule has 30 heavy (non-hydrogen) atoms. The van der Waals surface area contributed by atoms with Crippen LogP contribution in [-0.4, -0.2) is 43.7 Å². The van der Waals surface area contributed by atoms with E-state index >= 15 is 0 Å². The molecule has 5 rings (SSSR count).